The summed E-state index contributed by atoms with van der Waals surface area (Å²) in [5, 5.41) is 12.8. The normalized spacial score (nSPS) is 22.9. The third kappa shape index (κ3) is 4.57. The fraction of sp³-hybridized carbons (Fsp3) is 0.769. The van der Waals surface area contributed by atoms with Crippen molar-refractivity contribution in [2.75, 3.05) is 13.1 Å². The summed E-state index contributed by atoms with van der Waals surface area (Å²) < 4.78 is 43.7. The van der Waals surface area contributed by atoms with Crippen molar-refractivity contribution in [3.8, 4) is 0 Å². The summed E-state index contributed by atoms with van der Waals surface area (Å²) in [7, 11) is 0. The molecule has 1 aromatic heterocycles. The molecular formula is C13H19ClF3N3O3. The van der Waals surface area contributed by atoms with Gasteiger partial charge in [0, 0.05) is 18.5 Å². The van der Waals surface area contributed by atoms with Crippen LogP contribution in [0.1, 0.15) is 32.5 Å². The second-order valence-electron chi connectivity index (χ2n) is 6.55. The molecule has 0 amide bonds. The van der Waals surface area contributed by atoms with E-state index in [0.717, 1.165) is 0 Å². The molecule has 0 radical (unpaired) electrons. The van der Waals surface area contributed by atoms with Crippen LogP contribution in [0.4, 0.5) is 13.2 Å². The highest BCUT2D eigenvalue weighted by Gasteiger charge is 2.52. The molecular weight excluding hydrogens is 339 g/mol. The highest BCUT2D eigenvalue weighted by atomic mass is 35.5. The Morgan fingerprint density at radius 1 is 1.35 bits per heavy atom. The molecule has 0 bridgehead atoms. The first-order chi connectivity index (χ1) is 9.98. The average molecular weight is 358 g/mol. The third-order valence-electron chi connectivity index (χ3n) is 3.63. The number of hydrogen-bond donors (Lipinski definition) is 1. The molecule has 1 aromatic rings. The Labute approximate surface area is 137 Å². The lowest BCUT2D eigenvalue weighted by molar-refractivity contribution is -0.188. The van der Waals surface area contributed by atoms with E-state index in [9.17, 15) is 18.0 Å². The lowest BCUT2D eigenvalue weighted by atomic mass is 9.96. The summed E-state index contributed by atoms with van der Waals surface area (Å²) in [5.41, 5.74) is -0.329. The van der Waals surface area contributed by atoms with Gasteiger partial charge in [-0.25, -0.2) is 0 Å². The second-order valence-corrected chi connectivity index (χ2v) is 6.55. The number of carboxylic acids is 1. The number of likely N-dealkylation sites (tertiary alicyclic amines) is 1. The summed E-state index contributed by atoms with van der Waals surface area (Å²) in [4.78, 5) is 16.6. The molecule has 2 atom stereocenters. The van der Waals surface area contributed by atoms with Gasteiger partial charge < -0.3 is 9.63 Å². The van der Waals surface area contributed by atoms with E-state index in [-0.39, 0.29) is 43.3 Å². The number of nitrogens with zero attached hydrogens (tertiary/aromatic N) is 3. The zero-order chi connectivity index (χ0) is 16.7. The van der Waals surface area contributed by atoms with Gasteiger partial charge in [-0.3, -0.25) is 9.69 Å². The Balaban J connectivity index is 0.00000264. The summed E-state index contributed by atoms with van der Waals surface area (Å²) >= 11 is 0. The minimum absolute atomic E-state index is 0. The van der Waals surface area contributed by atoms with Crippen molar-refractivity contribution in [2.45, 2.75) is 38.9 Å². The van der Waals surface area contributed by atoms with E-state index >= 15 is 0 Å². The van der Waals surface area contributed by atoms with Gasteiger partial charge >= 0.3 is 12.1 Å². The van der Waals surface area contributed by atoms with Crippen LogP contribution < -0.4 is 0 Å². The first-order valence-corrected chi connectivity index (χ1v) is 6.83. The Kier molecular flexibility index (Phi) is 5.69. The van der Waals surface area contributed by atoms with E-state index in [1.54, 1.807) is 0 Å². The number of hydrogen-bond acceptors (Lipinski definition) is 5. The van der Waals surface area contributed by atoms with E-state index in [0.29, 0.717) is 5.82 Å². The van der Waals surface area contributed by atoms with E-state index in [1.807, 2.05) is 20.8 Å². The summed E-state index contributed by atoms with van der Waals surface area (Å²) in [6.07, 6.45) is -4.54. The van der Waals surface area contributed by atoms with Crippen LogP contribution in [-0.4, -0.2) is 45.4 Å². The van der Waals surface area contributed by atoms with Gasteiger partial charge in [0.15, 0.2) is 5.82 Å². The Hall–Kier alpha value is -1.35. The topological polar surface area (TPSA) is 79.5 Å². The second kappa shape index (κ2) is 6.64. The smallest absolute Gasteiger partial charge is 0.393 e. The van der Waals surface area contributed by atoms with Crippen LogP contribution in [0.25, 0.3) is 0 Å². The molecule has 2 heterocycles. The number of rotatable bonds is 3. The molecule has 2 rings (SSSR count). The molecule has 1 fully saturated rings. The quantitative estimate of drug-likeness (QED) is 0.895. The van der Waals surface area contributed by atoms with E-state index in [1.165, 1.54) is 4.90 Å². The van der Waals surface area contributed by atoms with E-state index < -0.39 is 24.0 Å². The molecule has 0 aromatic carbocycles. The maximum absolute atomic E-state index is 12.9. The zero-order valence-corrected chi connectivity index (χ0v) is 13.7. The standard InChI is InChI=1S/C13H18F3N3O3.ClH/c1-12(2,3)11-17-9(22-18-11)6-19-4-7(10(20)21)8(5-19)13(14,15)16;/h7-8H,4-6H2,1-3H3,(H,20,21);1H/t7-,8-;/m1./s1. The Morgan fingerprint density at radius 3 is 2.35 bits per heavy atom. The van der Waals surface area contributed by atoms with Crippen LogP contribution in [0.2, 0.25) is 0 Å². The van der Waals surface area contributed by atoms with Crippen LogP contribution in [-0.2, 0) is 16.8 Å². The largest absolute Gasteiger partial charge is 0.481 e. The number of halogens is 4. The minimum atomic E-state index is -4.54. The van der Waals surface area contributed by atoms with Gasteiger partial charge in [-0.05, 0) is 0 Å². The molecule has 1 aliphatic heterocycles. The Morgan fingerprint density at radius 2 is 1.96 bits per heavy atom. The number of aromatic nitrogens is 2. The van der Waals surface area contributed by atoms with Crippen LogP contribution in [0.3, 0.4) is 0 Å². The van der Waals surface area contributed by atoms with Gasteiger partial charge in [0.2, 0.25) is 5.89 Å². The average Bonchev–Trinajstić information content (AvgIpc) is 2.94. The summed E-state index contributed by atoms with van der Waals surface area (Å²) in [5.74, 6) is -4.13. The van der Waals surface area contributed by atoms with Crippen LogP contribution in [0, 0.1) is 11.8 Å². The van der Waals surface area contributed by atoms with E-state index in [4.69, 9.17) is 9.63 Å². The van der Waals surface area contributed by atoms with Crippen molar-refractivity contribution in [2.24, 2.45) is 11.8 Å². The molecule has 1 saturated heterocycles. The minimum Gasteiger partial charge on any atom is -0.481 e. The molecule has 132 valence electrons. The number of carboxylic acid groups (broad SMARTS) is 1. The van der Waals surface area contributed by atoms with Gasteiger partial charge in [0.05, 0.1) is 18.4 Å². The summed E-state index contributed by atoms with van der Waals surface area (Å²) in [6, 6.07) is 0. The Bertz CT molecular complexity index is 557. The fourth-order valence-electron chi connectivity index (χ4n) is 2.41. The fourth-order valence-corrected chi connectivity index (χ4v) is 2.41. The van der Waals surface area contributed by atoms with Crippen LogP contribution in [0.5, 0.6) is 0 Å². The lowest BCUT2D eigenvalue weighted by Crippen LogP contribution is -2.33. The predicted molar refractivity (Wildman–Crippen MR) is 76.2 cm³/mol. The first-order valence-electron chi connectivity index (χ1n) is 6.83. The third-order valence-corrected chi connectivity index (χ3v) is 3.63. The van der Waals surface area contributed by atoms with Crippen LogP contribution in [0.15, 0.2) is 4.52 Å². The maximum Gasteiger partial charge on any atom is 0.393 e. The maximum atomic E-state index is 12.9. The number of aliphatic carboxylic acids is 1. The van der Waals surface area contributed by atoms with Crippen molar-refractivity contribution in [3.05, 3.63) is 11.7 Å². The lowest BCUT2D eigenvalue weighted by Gasteiger charge is -2.18. The molecule has 0 aliphatic carbocycles. The molecule has 1 N–H and O–H groups in total. The van der Waals surface area contributed by atoms with Crippen molar-refractivity contribution in [3.63, 3.8) is 0 Å². The van der Waals surface area contributed by atoms with Gasteiger partial charge in [0.1, 0.15) is 0 Å². The van der Waals surface area contributed by atoms with Crippen molar-refractivity contribution >= 4 is 18.4 Å². The molecule has 23 heavy (non-hydrogen) atoms. The van der Waals surface area contributed by atoms with Crippen LogP contribution >= 0.6 is 12.4 Å². The SMILES string of the molecule is CC(C)(C)c1noc(CN2C[C@@H](C(F)(F)F)[C@H](C(=O)O)C2)n1.Cl. The molecule has 6 nitrogen and oxygen atoms in total. The first kappa shape index (κ1) is 19.7. The van der Waals surface area contributed by atoms with Gasteiger partial charge in [-0.1, -0.05) is 25.9 Å². The monoisotopic (exact) mass is 357 g/mol. The van der Waals surface area contributed by atoms with Crippen molar-refractivity contribution < 1.29 is 27.6 Å². The molecule has 1 aliphatic rings. The predicted octanol–water partition coefficient (Wildman–Crippen LogP) is 2.48. The zero-order valence-electron chi connectivity index (χ0n) is 12.9. The molecule has 0 saturated carbocycles. The van der Waals surface area contributed by atoms with E-state index in [2.05, 4.69) is 10.1 Å². The molecule has 0 unspecified atom stereocenters. The highest BCUT2D eigenvalue weighted by Crippen LogP contribution is 2.38. The molecule has 10 heteroatoms. The van der Waals surface area contributed by atoms with Gasteiger partial charge in [0.25, 0.3) is 0 Å². The number of carbonyl (C=O) groups is 1. The number of alkyl halides is 3. The summed E-state index contributed by atoms with van der Waals surface area (Å²) in [6.45, 7) is 5.10. The van der Waals surface area contributed by atoms with Crippen molar-refractivity contribution in [1.82, 2.24) is 15.0 Å². The van der Waals surface area contributed by atoms with Crippen molar-refractivity contribution in [1.29, 1.82) is 0 Å². The highest BCUT2D eigenvalue weighted by molar-refractivity contribution is 5.85. The van der Waals surface area contributed by atoms with Gasteiger partial charge in [-0.2, -0.15) is 18.2 Å². The molecule has 0 spiro atoms. The van der Waals surface area contributed by atoms with Gasteiger partial charge in [-0.15, -0.1) is 12.4 Å².